The van der Waals surface area contributed by atoms with Crippen LogP contribution in [0.1, 0.15) is 31.4 Å². The first kappa shape index (κ1) is 23.0. The van der Waals surface area contributed by atoms with E-state index in [1.54, 1.807) is 25.3 Å². The SMILES string of the molecule is COc1cc(/C=C/C(=O)NC(Cc2ccccc2)C(=O)O)ccc1OCCC(C)C. The minimum atomic E-state index is -1.08. The normalized spacial score (nSPS) is 12.0. The van der Waals surface area contributed by atoms with Gasteiger partial charge in [0.25, 0.3) is 0 Å². The van der Waals surface area contributed by atoms with Crippen LogP contribution >= 0.6 is 0 Å². The molecule has 160 valence electrons. The van der Waals surface area contributed by atoms with Crippen molar-refractivity contribution in [1.29, 1.82) is 0 Å². The second-order valence-electron chi connectivity index (χ2n) is 7.36. The van der Waals surface area contributed by atoms with Gasteiger partial charge in [-0.2, -0.15) is 0 Å². The van der Waals surface area contributed by atoms with Gasteiger partial charge in [0.15, 0.2) is 11.5 Å². The van der Waals surface area contributed by atoms with Crippen LogP contribution in [0.4, 0.5) is 0 Å². The van der Waals surface area contributed by atoms with Crippen molar-refractivity contribution in [2.75, 3.05) is 13.7 Å². The second kappa shape index (κ2) is 11.7. The van der Waals surface area contributed by atoms with Gasteiger partial charge in [0.2, 0.25) is 5.91 Å². The van der Waals surface area contributed by atoms with Crippen LogP contribution in [0, 0.1) is 5.92 Å². The molecule has 1 amide bonds. The van der Waals surface area contributed by atoms with Gasteiger partial charge in [-0.3, -0.25) is 4.79 Å². The van der Waals surface area contributed by atoms with E-state index in [1.807, 2.05) is 36.4 Å². The number of hydrogen-bond donors (Lipinski definition) is 2. The van der Waals surface area contributed by atoms with Crippen molar-refractivity contribution >= 4 is 18.0 Å². The van der Waals surface area contributed by atoms with Gasteiger partial charge in [-0.15, -0.1) is 0 Å². The van der Waals surface area contributed by atoms with Crippen LogP contribution in [0.15, 0.2) is 54.6 Å². The maximum Gasteiger partial charge on any atom is 0.326 e. The number of hydrogen-bond acceptors (Lipinski definition) is 4. The number of carboxylic acids is 1. The Bertz CT molecular complexity index is 861. The van der Waals surface area contributed by atoms with Crippen molar-refractivity contribution in [3.63, 3.8) is 0 Å². The van der Waals surface area contributed by atoms with E-state index >= 15 is 0 Å². The molecule has 0 fully saturated rings. The van der Waals surface area contributed by atoms with Crippen LogP contribution in [0.2, 0.25) is 0 Å². The molecule has 0 saturated heterocycles. The van der Waals surface area contributed by atoms with Gasteiger partial charge in [0.05, 0.1) is 13.7 Å². The molecule has 0 bridgehead atoms. The minimum absolute atomic E-state index is 0.214. The predicted molar refractivity (Wildman–Crippen MR) is 117 cm³/mol. The zero-order valence-corrected chi connectivity index (χ0v) is 17.6. The molecule has 2 N–H and O–H groups in total. The number of ether oxygens (including phenoxy) is 2. The number of aliphatic carboxylic acids is 1. The van der Waals surface area contributed by atoms with Crippen LogP contribution in [0.5, 0.6) is 11.5 Å². The monoisotopic (exact) mass is 411 g/mol. The number of rotatable bonds is 11. The average molecular weight is 411 g/mol. The minimum Gasteiger partial charge on any atom is -0.493 e. The summed E-state index contributed by atoms with van der Waals surface area (Å²) >= 11 is 0. The maximum absolute atomic E-state index is 12.2. The van der Waals surface area contributed by atoms with E-state index in [-0.39, 0.29) is 6.42 Å². The van der Waals surface area contributed by atoms with Crippen LogP contribution in [-0.4, -0.2) is 36.7 Å². The molecule has 1 unspecified atom stereocenters. The van der Waals surface area contributed by atoms with E-state index in [1.165, 1.54) is 6.08 Å². The molecule has 6 nitrogen and oxygen atoms in total. The molecule has 2 aromatic rings. The molecule has 2 aromatic carbocycles. The van der Waals surface area contributed by atoms with Crippen molar-refractivity contribution < 1.29 is 24.2 Å². The lowest BCUT2D eigenvalue weighted by atomic mass is 10.1. The Hall–Kier alpha value is -3.28. The number of carbonyl (C=O) groups is 2. The summed E-state index contributed by atoms with van der Waals surface area (Å²) in [6.45, 7) is 4.87. The number of benzene rings is 2. The number of carboxylic acid groups (broad SMARTS) is 1. The Kier molecular flexibility index (Phi) is 8.94. The summed E-state index contributed by atoms with van der Waals surface area (Å²) < 4.78 is 11.1. The van der Waals surface area contributed by atoms with E-state index in [4.69, 9.17) is 9.47 Å². The van der Waals surface area contributed by atoms with Gasteiger partial charge in [0, 0.05) is 12.5 Å². The van der Waals surface area contributed by atoms with Crippen molar-refractivity contribution in [2.45, 2.75) is 32.7 Å². The Balaban J connectivity index is 1.99. The predicted octanol–water partition coefficient (Wildman–Crippen LogP) is 3.95. The van der Waals surface area contributed by atoms with Crippen LogP contribution in [0.25, 0.3) is 6.08 Å². The van der Waals surface area contributed by atoms with Gasteiger partial charge in [-0.05, 0) is 41.7 Å². The van der Waals surface area contributed by atoms with Crippen LogP contribution in [0.3, 0.4) is 0 Å². The Morgan fingerprint density at radius 1 is 1.10 bits per heavy atom. The molecule has 6 heteroatoms. The fraction of sp³-hybridized carbons (Fsp3) is 0.333. The quantitative estimate of drug-likeness (QED) is 0.547. The molecule has 0 aliphatic rings. The molecule has 1 atom stereocenters. The molecule has 0 heterocycles. The van der Waals surface area contributed by atoms with Crippen molar-refractivity contribution in [3.8, 4) is 11.5 Å². The number of amides is 1. The summed E-state index contributed by atoms with van der Waals surface area (Å²) in [4.78, 5) is 23.7. The van der Waals surface area contributed by atoms with Crippen molar-refractivity contribution in [2.24, 2.45) is 5.92 Å². The summed E-state index contributed by atoms with van der Waals surface area (Å²) in [5, 5.41) is 11.9. The Labute approximate surface area is 177 Å². The molecule has 0 radical (unpaired) electrons. The summed E-state index contributed by atoms with van der Waals surface area (Å²) in [6, 6.07) is 13.6. The number of carbonyl (C=O) groups excluding carboxylic acids is 1. The Morgan fingerprint density at radius 2 is 1.83 bits per heavy atom. The molecule has 0 aliphatic carbocycles. The average Bonchev–Trinajstić information content (AvgIpc) is 2.72. The topological polar surface area (TPSA) is 84.9 Å². The smallest absolute Gasteiger partial charge is 0.326 e. The highest BCUT2D eigenvalue weighted by Crippen LogP contribution is 2.28. The first-order chi connectivity index (χ1) is 14.4. The first-order valence-electron chi connectivity index (χ1n) is 9.95. The molecule has 0 saturated carbocycles. The van der Waals surface area contributed by atoms with E-state index in [0.717, 1.165) is 17.5 Å². The summed E-state index contributed by atoms with van der Waals surface area (Å²) in [6.07, 6.45) is 4.08. The van der Waals surface area contributed by atoms with Gasteiger partial charge < -0.3 is 19.9 Å². The van der Waals surface area contributed by atoms with E-state index < -0.39 is 17.9 Å². The zero-order valence-electron chi connectivity index (χ0n) is 17.6. The third-order valence-electron chi connectivity index (χ3n) is 4.46. The lowest BCUT2D eigenvalue weighted by Gasteiger charge is -2.13. The maximum atomic E-state index is 12.2. The third kappa shape index (κ3) is 7.62. The zero-order chi connectivity index (χ0) is 21.9. The van der Waals surface area contributed by atoms with Gasteiger partial charge >= 0.3 is 5.97 Å². The Morgan fingerprint density at radius 3 is 2.47 bits per heavy atom. The fourth-order valence-corrected chi connectivity index (χ4v) is 2.75. The highest BCUT2D eigenvalue weighted by atomic mass is 16.5. The summed E-state index contributed by atoms with van der Waals surface area (Å²) in [7, 11) is 1.56. The lowest BCUT2D eigenvalue weighted by Crippen LogP contribution is -2.41. The first-order valence-corrected chi connectivity index (χ1v) is 9.95. The molecule has 0 aliphatic heterocycles. The van der Waals surface area contributed by atoms with E-state index in [0.29, 0.717) is 24.0 Å². The second-order valence-corrected chi connectivity index (χ2v) is 7.36. The molecule has 30 heavy (non-hydrogen) atoms. The van der Waals surface area contributed by atoms with Gasteiger partial charge in [-0.25, -0.2) is 4.79 Å². The standard InChI is InChI=1S/C24H29NO5/c1-17(2)13-14-30-21-11-9-19(16-22(21)29-3)10-12-23(26)25-20(24(27)28)15-18-7-5-4-6-8-18/h4-12,16-17,20H,13-15H2,1-3H3,(H,25,26)(H,27,28)/b12-10+. The number of methoxy groups -OCH3 is 1. The van der Waals surface area contributed by atoms with Crippen molar-refractivity contribution in [3.05, 3.63) is 65.7 Å². The third-order valence-corrected chi connectivity index (χ3v) is 4.46. The largest absolute Gasteiger partial charge is 0.493 e. The van der Waals surface area contributed by atoms with Crippen LogP contribution < -0.4 is 14.8 Å². The fourth-order valence-electron chi connectivity index (χ4n) is 2.75. The van der Waals surface area contributed by atoms with Gasteiger partial charge in [0.1, 0.15) is 6.04 Å². The molecule has 0 spiro atoms. The molecule has 2 rings (SSSR count). The molecular weight excluding hydrogens is 382 g/mol. The van der Waals surface area contributed by atoms with Gasteiger partial charge in [-0.1, -0.05) is 50.2 Å². The molecular formula is C24H29NO5. The highest BCUT2D eigenvalue weighted by molar-refractivity contribution is 5.94. The number of nitrogens with one attached hydrogen (secondary N) is 1. The molecule has 0 aromatic heterocycles. The summed E-state index contributed by atoms with van der Waals surface area (Å²) in [5.41, 5.74) is 1.58. The summed E-state index contributed by atoms with van der Waals surface area (Å²) in [5.74, 6) is 0.218. The highest BCUT2D eigenvalue weighted by Gasteiger charge is 2.19. The van der Waals surface area contributed by atoms with Crippen LogP contribution in [-0.2, 0) is 16.0 Å². The van der Waals surface area contributed by atoms with E-state index in [2.05, 4.69) is 19.2 Å². The van der Waals surface area contributed by atoms with Crippen molar-refractivity contribution in [1.82, 2.24) is 5.32 Å². The lowest BCUT2D eigenvalue weighted by molar-refractivity contribution is -0.141. The van der Waals surface area contributed by atoms with E-state index in [9.17, 15) is 14.7 Å².